The van der Waals surface area contributed by atoms with Crippen LogP contribution in [0.15, 0.2) is 32.7 Å². The molecule has 0 spiro atoms. The first-order valence-electron chi connectivity index (χ1n) is 6.24. The van der Waals surface area contributed by atoms with Crippen molar-refractivity contribution in [2.24, 2.45) is 0 Å². The summed E-state index contributed by atoms with van der Waals surface area (Å²) < 4.78 is 27.0. The molecule has 0 unspecified atom stereocenters. The Balaban J connectivity index is 2.01. The molecule has 0 saturated carbocycles. The van der Waals surface area contributed by atoms with Crippen LogP contribution in [0.2, 0.25) is 0 Å². The SMILES string of the molecule is Cc1ccsc1S(=O)(=O)N1CCc2cc[nH]c(=O)c2C1. The molecule has 7 heteroatoms. The monoisotopic (exact) mass is 310 g/mol. The van der Waals surface area contributed by atoms with Gasteiger partial charge in [0.05, 0.1) is 0 Å². The van der Waals surface area contributed by atoms with E-state index in [1.165, 1.54) is 15.6 Å². The van der Waals surface area contributed by atoms with Gasteiger partial charge in [-0.15, -0.1) is 11.3 Å². The van der Waals surface area contributed by atoms with Crippen LogP contribution in [-0.4, -0.2) is 24.3 Å². The third kappa shape index (κ3) is 2.11. The van der Waals surface area contributed by atoms with Crippen LogP contribution in [0.4, 0.5) is 0 Å². The zero-order valence-electron chi connectivity index (χ0n) is 10.9. The van der Waals surface area contributed by atoms with E-state index in [-0.39, 0.29) is 12.1 Å². The molecular weight excluding hydrogens is 296 g/mol. The summed E-state index contributed by atoms with van der Waals surface area (Å²) in [6.45, 7) is 2.34. The Bertz CT molecular complexity index is 805. The average molecular weight is 310 g/mol. The van der Waals surface area contributed by atoms with E-state index in [1.807, 2.05) is 6.07 Å². The van der Waals surface area contributed by atoms with Gasteiger partial charge in [-0.3, -0.25) is 4.79 Å². The molecule has 2 aromatic heterocycles. The van der Waals surface area contributed by atoms with Gasteiger partial charge < -0.3 is 4.98 Å². The molecule has 5 nitrogen and oxygen atoms in total. The fourth-order valence-electron chi connectivity index (χ4n) is 2.41. The summed E-state index contributed by atoms with van der Waals surface area (Å²) in [6, 6.07) is 3.64. The first kappa shape index (κ1) is 13.5. The molecule has 0 amide bonds. The Hall–Kier alpha value is -1.44. The van der Waals surface area contributed by atoms with Gasteiger partial charge in [0.1, 0.15) is 4.21 Å². The highest BCUT2D eigenvalue weighted by molar-refractivity contribution is 7.91. The van der Waals surface area contributed by atoms with Crippen LogP contribution in [0.25, 0.3) is 0 Å². The van der Waals surface area contributed by atoms with E-state index in [2.05, 4.69) is 4.98 Å². The summed E-state index contributed by atoms with van der Waals surface area (Å²) in [5, 5.41) is 1.77. The molecule has 0 saturated heterocycles. The van der Waals surface area contributed by atoms with Crippen molar-refractivity contribution in [1.29, 1.82) is 0 Å². The lowest BCUT2D eigenvalue weighted by molar-refractivity contribution is 0.390. The molecule has 0 aromatic carbocycles. The van der Waals surface area contributed by atoms with Gasteiger partial charge in [0.15, 0.2) is 0 Å². The fraction of sp³-hybridized carbons (Fsp3) is 0.308. The lowest BCUT2D eigenvalue weighted by Crippen LogP contribution is -2.38. The third-order valence-corrected chi connectivity index (χ3v) is 7.03. The largest absolute Gasteiger partial charge is 0.329 e. The van der Waals surface area contributed by atoms with Crippen LogP contribution < -0.4 is 5.56 Å². The van der Waals surface area contributed by atoms with E-state index < -0.39 is 10.0 Å². The minimum Gasteiger partial charge on any atom is -0.329 e. The number of fused-ring (bicyclic) bond motifs is 1. The molecule has 0 atom stereocenters. The van der Waals surface area contributed by atoms with E-state index >= 15 is 0 Å². The van der Waals surface area contributed by atoms with Crippen LogP contribution in [-0.2, 0) is 23.0 Å². The van der Waals surface area contributed by atoms with Crippen molar-refractivity contribution in [2.75, 3.05) is 6.54 Å². The molecule has 1 aliphatic heterocycles. The van der Waals surface area contributed by atoms with Crippen molar-refractivity contribution < 1.29 is 8.42 Å². The lowest BCUT2D eigenvalue weighted by Gasteiger charge is -2.27. The maximum atomic E-state index is 12.6. The van der Waals surface area contributed by atoms with Gasteiger partial charge in [-0.05, 0) is 42.0 Å². The zero-order valence-corrected chi connectivity index (χ0v) is 12.6. The van der Waals surface area contributed by atoms with Crippen molar-refractivity contribution in [2.45, 2.75) is 24.1 Å². The van der Waals surface area contributed by atoms with Crippen molar-refractivity contribution in [3.63, 3.8) is 0 Å². The summed E-state index contributed by atoms with van der Waals surface area (Å²) in [5.74, 6) is 0. The van der Waals surface area contributed by atoms with Gasteiger partial charge in [-0.25, -0.2) is 8.42 Å². The molecule has 3 rings (SSSR count). The van der Waals surface area contributed by atoms with Gasteiger partial charge in [-0.1, -0.05) is 0 Å². The molecule has 2 aromatic rings. The highest BCUT2D eigenvalue weighted by Crippen LogP contribution is 2.28. The fourth-order valence-corrected chi connectivity index (χ4v) is 5.36. The third-order valence-electron chi connectivity index (χ3n) is 3.51. The van der Waals surface area contributed by atoms with Crippen molar-refractivity contribution in [3.8, 4) is 0 Å². The number of hydrogen-bond donors (Lipinski definition) is 1. The second-order valence-corrected chi connectivity index (χ2v) is 7.84. The standard InChI is InChI=1S/C13H14N2O3S2/c1-9-4-7-19-13(9)20(17,18)15-6-3-10-2-5-14-12(16)11(10)8-15/h2,4-5,7H,3,6,8H2,1H3,(H,14,16). The van der Waals surface area contributed by atoms with Gasteiger partial charge in [0.2, 0.25) is 0 Å². The first-order valence-corrected chi connectivity index (χ1v) is 8.56. The Morgan fingerprint density at radius 1 is 1.35 bits per heavy atom. The molecule has 106 valence electrons. The highest BCUT2D eigenvalue weighted by Gasteiger charge is 2.31. The minimum atomic E-state index is -3.51. The zero-order chi connectivity index (χ0) is 14.3. The Labute approximate surface area is 120 Å². The molecule has 1 aliphatic rings. The number of aromatic amines is 1. The number of nitrogens with zero attached hydrogens (tertiary/aromatic N) is 1. The summed E-state index contributed by atoms with van der Waals surface area (Å²) in [6.07, 6.45) is 2.18. The van der Waals surface area contributed by atoms with E-state index in [1.54, 1.807) is 24.6 Å². The van der Waals surface area contributed by atoms with E-state index in [9.17, 15) is 13.2 Å². The number of H-pyrrole nitrogens is 1. The van der Waals surface area contributed by atoms with Gasteiger partial charge in [-0.2, -0.15) is 4.31 Å². The number of hydrogen-bond acceptors (Lipinski definition) is 4. The Morgan fingerprint density at radius 2 is 2.15 bits per heavy atom. The average Bonchev–Trinajstić information content (AvgIpc) is 2.86. The molecule has 0 bridgehead atoms. The summed E-state index contributed by atoms with van der Waals surface area (Å²) in [4.78, 5) is 14.4. The Morgan fingerprint density at radius 3 is 2.85 bits per heavy atom. The maximum absolute atomic E-state index is 12.6. The summed E-state index contributed by atoms with van der Waals surface area (Å²) in [7, 11) is -3.51. The van der Waals surface area contributed by atoms with E-state index in [0.717, 1.165) is 11.1 Å². The number of pyridine rings is 1. The smallest absolute Gasteiger partial charge is 0.253 e. The van der Waals surface area contributed by atoms with Crippen LogP contribution in [0.1, 0.15) is 16.7 Å². The topological polar surface area (TPSA) is 70.2 Å². The van der Waals surface area contributed by atoms with Crippen LogP contribution in [0.3, 0.4) is 0 Å². The van der Waals surface area contributed by atoms with Crippen LogP contribution >= 0.6 is 11.3 Å². The minimum absolute atomic E-state index is 0.144. The van der Waals surface area contributed by atoms with Crippen molar-refractivity contribution in [3.05, 3.63) is 50.8 Å². The lowest BCUT2D eigenvalue weighted by atomic mass is 10.0. The summed E-state index contributed by atoms with van der Waals surface area (Å²) >= 11 is 1.22. The molecule has 3 heterocycles. The molecule has 0 radical (unpaired) electrons. The number of nitrogens with one attached hydrogen (secondary N) is 1. The number of sulfonamides is 1. The molecule has 20 heavy (non-hydrogen) atoms. The maximum Gasteiger partial charge on any atom is 0.253 e. The number of rotatable bonds is 2. The predicted octanol–water partition coefficient (Wildman–Crippen LogP) is 1.49. The second kappa shape index (κ2) is 4.83. The second-order valence-electron chi connectivity index (χ2n) is 4.79. The summed E-state index contributed by atoms with van der Waals surface area (Å²) in [5.41, 5.74) is 2.03. The predicted molar refractivity (Wildman–Crippen MR) is 77.4 cm³/mol. The van der Waals surface area contributed by atoms with Crippen molar-refractivity contribution in [1.82, 2.24) is 9.29 Å². The number of thiophene rings is 1. The number of aromatic nitrogens is 1. The highest BCUT2D eigenvalue weighted by atomic mass is 32.2. The van der Waals surface area contributed by atoms with Crippen molar-refractivity contribution >= 4 is 21.4 Å². The van der Waals surface area contributed by atoms with Crippen LogP contribution in [0.5, 0.6) is 0 Å². The molecular formula is C13H14N2O3S2. The Kier molecular flexibility index (Phi) is 3.27. The van der Waals surface area contributed by atoms with Gasteiger partial charge >= 0.3 is 0 Å². The van der Waals surface area contributed by atoms with E-state index in [0.29, 0.717) is 22.7 Å². The normalized spacial score (nSPS) is 16.1. The molecule has 0 aliphatic carbocycles. The molecule has 0 fully saturated rings. The van der Waals surface area contributed by atoms with Crippen LogP contribution in [0, 0.1) is 6.92 Å². The quantitative estimate of drug-likeness (QED) is 0.913. The van der Waals surface area contributed by atoms with Gasteiger partial charge in [0.25, 0.3) is 15.6 Å². The molecule has 1 N–H and O–H groups in total. The first-order chi connectivity index (χ1) is 9.50. The number of aryl methyl sites for hydroxylation is 1. The van der Waals surface area contributed by atoms with E-state index in [4.69, 9.17) is 0 Å². The van der Waals surface area contributed by atoms with Gasteiger partial charge in [0, 0.05) is 24.8 Å².